The van der Waals surface area contributed by atoms with E-state index < -0.39 is 0 Å². The van der Waals surface area contributed by atoms with E-state index >= 15 is 0 Å². The number of rotatable bonds is 3. The van der Waals surface area contributed by atoms with Gasteiger partial charge in [0.25, 0.3) is 5.56 Å². The van der Waals surface area contributed by atoms with Crippen LogP contribution in [-0.4, -0.2) is 17.3 Å². The minimum atomic E-state index is 0.0913. The van der Waals surface area contributed by atoms with Crippen molar-refractivity contribution < 1.29 is 4.74 Å². The Morgan fingerprint density at radius 2 is 2.28 bits per heavy atom. The molecule has 0 amide bonds. The van der Waals surface area contributed by atoms with Crippen molar-refractivity contribution >= 4 is 0 Å². The molecule has 1 aliphatic heterocycles. The van der Waals surface area contributed by atoms with Gasteiger partial charge in [-0.25, -0.2) is 0 Å². The van der Waals surface area contributed by atoms with Gasteiger partial charge in [0.1, 0.15) is 0 Å². The van der Waals surface area contributed by atoms with Crippen LogP contribution < -0.4 is 11.3 Å². The highest BCUT2D eigenvalue weighted by Crippen LogP contribution is 2.23. The zero-order chi connectivity index (χ0) is 12.5. The van der Waals surface area contributed by atoms with E-state index in [9.17, 15) is 4.79 Å². The molecular formula is C14H20N2O2. The molecule has 0 spiro atoms. The van der Waals surface area contributed by atoms with Crippen LogP contribution in [0.25, 0.3) is 0 Å². The van der Waals surface area contributed by atoms with Crippen molar-refractivity contribution in [3.05, 3.63) is 33.2 Å². The van der Waals surface area contributed by atoms with Crippen LogP contribution in [0.5, 0.6) is 0 Å². The van der Waals surface area contributed by atoms with E-state index in [2.05, 4.69) is 0 Å². The summed E-state index contributed by atoms with van der Waals surface area (Å²) in [5.41, 5.74) is 9.04. The third-order valence-corrected chi connectivity index (χ3v) is 4.05. The monoisotopic (exact) mass is 248 g/mol. The highest BCUT2D eigenvalue weighted by molar-refractivity contribution is 5.30. The van der Waals surface area contributed by atoms with E-state index in [0.717, 1.165) is 44.3 Å². The predicted octanol–water partition coefficient (Wildman–Crippen LogP) is 0.975. The van der Waals surface area contributed by atoms with Crippen LogP contribution in [0.3, 0.4) is 0 Å². The van der Waals surface area contributed by atoms with E-state index in [1.54, 1.807) is 0 Å². The average molecular weight is 248 g/mol. The summed E-state index contributed by atoms with van der Waals surface area (Å²) in [6.45, 7) is 1.87. The first kappa shape index (κ1) is 11.9. The number of nitrogens with two attached hydrogens (primary N) is 1. The molecule has 1 aromatic heterocycles. The van der Waals surface area contributed by atoms with E-state index in [-0.39, 0.29) is 11.7 Å². The zero-order valence-electron chi connectivity index (χ0n) is 10.7. The van der Waals surface area contributed by atoms with Gasteiger partial charge >= 0.3 is 0 Å². The number of nitrogens with zero attached hydrogens (tertiary/aromatic N) is 1. The summed E-state index contributed by atoms with van der Waals surface area (Å²) in [7, 11) is 0. The Kier molecular flexibility index (Phi) is 3.22. The van der Waals surface area contributed by atoms with Crippen LogP contribution in [0.2, 0.25) is 0 Å². The lowest BCUT2D eigenvalue weighted by Crippen LogP contribution is -2.32. The smallest absolute Gasteiger partial charge is 0.255 e. The largest absolute Gasteiger partial charge is 0.376 e. The SMILES string of the molecule is NCc1cc2c(n(CC3CCCO3)c1=O)CCC2. The Balaban J connectivity index is 2.00. The normalized spacial score (nSPS) is 22.4. The second-order valence-corrected chi connectivity index (χ2v) is 5.25. The zero-order valence-corrected chi connectivity index (χ0v) is 10.7. The van der Waals surface area contributed by atoms with Crippen molar-refractivity contribution in [1.82, 2.24) is 4.57 Å². The van der Waals surface area contributed by atoms with Gasteiger partial charge in [-0.1, -0.05) is 0 Å². The van der Waals surface area contributed by atoms with Crippen molar-refractivity contribution in [1.29, 1.82) is 0 Å². The fraction of sp³-hybridized carbons (Fsp3) is 0.643. The van der Waals surface area contributed by atoms with Gasteiger partial charge in [0.2, 0.25) is 0 Å². The van der Waals surface area contributed by atoms with Crippen LogP contribution in [0.15, 0.2) is 10.9 Å². The molecule has 18 heavy (non-hydrogen) atoms. The fourth-order valence-electron chi connectivity index (χ4n) is 3.11. The van der Waals surface area contributed by atoms with Gasteiger partial charge in [-0.15, -0.1) is 0 Å². The second-order valence-electron chi connectivity index (χ2n) is 5.25. The molecule has 2 aliphatic rings. The van der Waals surface area contributed by atoms with Crippen LogP contribution >= 0.6 is 0 Å². The minimum absolute atomic E-state index is 0.0913. The number of pyridine rings is 1. The Morgan fingerprint density at radius 1 is 1.39 bits per heavy atom. The molecule has 4 nitrogen and oxygen atoms in total. The van der Waals surface area contributed by atoms with Crippen LogP contribution in [-0.2, 0) is 30.7 Å². The fourth-order valence-corrected chi connectivity index (χ4v) is 3.11. The summed E-state index contributed by atoms with van der Waals surface area (Å²) in [5, 5.41) is 0. The Labute approximate surface area is 107 Å². The van der Waals surface area contributed by atoms with Gasteiger partial charge in [-0.2, -0.15) is 0 Å². The lowest BCUT2D eigenvalue weighted by Gasteiger charge is -2.17. The standard InChI is InChI=1S/C14H20N2O2/c15-8-11-7-10-3-1-5-13(10)16(14(11)17)9-12-4-2-6-18-12/h7,12H,1-6,8-9,15H2. The molecule has 1 atom stereocenters. The summed E-state index contributed by atoms with van der Waals surface area (Å²) in [4.78, 5) is 12.4. The van der Waals surface area contributed by atoms with Gasteiger partial charge in [-0.3, -0.25) is 4.79 Å². The minimum Gasteiger partial charge on any atom is -0.376 e. The lowest BCUT2D eigenvalue weighted by atomic mass is 10.1. The van der Waals surface area contributed by atoms with Gasteiger partial charge in [-0.05, 0) is 43.7 Å². The van der Waals surface area contributed by atoms with Gasteiger partial charge < -0.3 is 15.0 Å². The maximum Gasteiger partial charge on any atom is 0.255 e. The number of aryl methyl sites for hydroxylation is 1. The molecule has 1 fully saturated rings. The van der Waals surface area contributed by atoms with Crippen molar-refractivity contribution in [3.8, 4) is 0 Å². The number of hydrogen-bond acceptors (Lipinski definition) is 3. The second kappa shape index (κ2) is 4.86. The van der Waals surface area contributed by atoms with E-state index in [4.69, 9.17) is 10.5 Å². The summed E-state index contributed by atoms with van der Waals surface area (Å²) in [6, 6.07) is 2.01. The van der Waals surface area contributed by atoms with Gasteiger partial charge in [0.05, 0.1) is 12.6 Å². The highest BCUT2D eigenvalue weighted by Gasteiger charge is 2.22. The molecule has 0 bridgehead atoms. The number of aromatic nitrogens is 1. The van der Waals surface area contributed by atoms with E-state index in [1.165, 1.54) is 11.3 Å². The first-order valence-electron chi connectivity index (χ1n) is 6.85. The van der Waals surface area contributed by atoms with E-state index in [0.29, 0.717) is 13.1 Å². The molecule has 0 radical (unpaired) electrons. The number of fused-ring (bicyclic) bond motifs is 1. The van der Waals surface area contributed by atoms with E-state index in [1.807, 2.05) is 10.6 Å². The van der Waals surface area contributed by atoms with Crippen molar-refractivity contribution in [3.63, 3.8) is 0 Å². The molecule has 2 heterocycles. The van der Waals surface area contributed by atoms with Gasteiger partial charge in [0.15, 0.2) is 0 Å². The summed E-state index contributed by atoms with van der Waals surface area (Å²) in [5.74, 6) is 0. The average Bonchev–Trinajstić information content (AvgIpc) is 3.03. The molecule has 1 aliphatic carbocycles. The molecule has 1 aromatic rings. The molecule has 0 saturated carbocycles. The molecule has 1 saturated heterocycles. The number of hydrogen-bond donors (Lipinski definition) is 1. The van der Waals surface area contributed by atoms with Crippen molar-refractivity contribution in [2.24, 2.45) is 5.73 Å². The third kappa shape index (κ3) is 1.99. The quantitative estimate of drug-likeness (QED) is 0.867. The summed E-state index contributed by atoms with van der Waals surface area (Å²) >= 11 is 0. The predicted molar refractivity (Wildman–Crippen MR) is 69.6 cm³/mol. The Bertz CT molecular complexity index is 501. The molecule has 0 aromatic carbocycles. The highest BCUT2D eigenvalue weighted by atomic mass is 16.5. The van der Waals surface area contributed by atoms with Crippen LogP contribution in [0, 0.1) is 0 Å². The Hall–Kier alpha value is -1.13. The summed E-state index contributed by atoms with van der Waals surface area (Å²) in [6.07, 6.45) is 5.62. The third-order valence-electron chi connectivity index (χ3n) is 4.05. The topological polar surface area (TPSA) is 57.2 Å². The van der Waals surface area contributed by atoms with Crippen LogP contribution in [0.4, 0.5) is 0 Å². The van der Waals surface area contributed by atoms with Crippen LogP contribution in [0.1, 0.15) is 36.1 Å². The molecule has 3 rings (SSSR count). The first-order valence-corrected chi connectivity index (χ1v) is 6.85. The Morgan fingerprint density at radius 3 is 3.00 bits per heavy atom. The lowest BCUT2D eigenvalue weighted by molar-refractivity contribution is 0.0954. The first-order chi connectivity index (χ1) is 8.79. The maximum atomic E-state index is 12.4. The summed E-state index contributed by atoms with van der Waals surface area (Å²) < 4.78 is 7.59. The molecule has 4 heteroatoms. The molecular weight excluding hydrogens is 228 g/mol. The van der Waals surface area contributed by atoms with Crippen molar-refractivity contribution in [2.45, 2.75) is 51.3 Å². The van der Waals surface area contributed by atoms with Gasteiger partial charge in [0, 0.05) is 24.4 Å². The molecule has 2 N–H and O–H groups in total. The number of ether oxygens (including phenoxy) is 1. The molecule has 98 valence electrons. The molecule has 1 unspecified atom stereocenters. The maximum absolute atomic E-state index is 12.4. The van der Waals surface area contributed by atoms with Crippen molar-refractivity contribution in [2.75, 3.05) is 6.61 Å².